The molecule has 0 saturated heterocycles. The zero-order chi connectivity index (χ0) is 21.8. The predicted octanol–water partition coefficient (Wildman–Crippen LogP) is 4.13. The summed E-state index contributed by atoms with van der Waals surface area (Å²) in [5.74, 6) is -0.495. The molecule has 4 aromatic rings. The second-order valence-electron chi connectivity index (χ2n) is 6.48. The number of para-hydroxylation sites is 2. The van der Waals surface area contributed by atoms with E-state index in [1.807, 2.05) is 6.07 Å². The number of hydrogen-bond donors (Lipinski definition) is 2. The molecule has 1 aromatic heterocycles. The third-order valence-corrected chi connectivity index (χ3v) is 5.80. The summed E-state index contributed by atoms with van der Waals surface area (Å²) in [5, 5.41) is 7.71. The average Bonchev–Trinajstić information content (AvgIpc) is 2.78. The fourth-order valence-corrected chi connectivity index (χ4v) is 3.73. The van der Waals surface area contributed by atoms with Gasteiger partial charge in [0, 0.05) is 16.1 Å². The molecule has 0 aliphatic rings. The van der Waals surface area contributed by atoms with E-state index in [9.17, 15) is 13.2 Å². The summed E-state index contributed by atoms with van der Waals surface area (Å²) in [5.41, 5.74) is 0.919. The fraction of sp³-hybridized carbons (Fsp3) is 0. The van der Waals surface area contributed by atoms with E-state index in [2.05, 4.69) is 15.2 Å². The second kappa shape index (κ2) is 8.63. The summed E-state index contributed by atoms with van der Waals surface area (Å²) < 4.78 is 30.9. The van der Waals surface area contributed by atoms with Crippen molar-refractivity contribution >= 4 is 44.2 Å². The van der Waals surface area contributed by atoms with Gasteiger partial charge in [-0.2, -0.15) is 13.2 Å². The monoisotopic (exact) mass is 453 g/mol. The minimum Gasteiger partial charge on any atom is -0.436 e. The van der Waals surface area contributed by atoms with Crippen molar-refractivity contribution in [3.8, 4) is 0 Å². The van der Waals surface area contributed by atoms with Crippen LogP contribution in [0.2, 0.25) is 5.02 Å². The highest BCUT2D eigenvalue weighted by molar-refractivity contribution is 7.89. The van der Waals surface area contributed by atoms with E-state index < -0.39 is 15.9 Å². The molecular formula is C22H16ClN3O4S. The van der Waals surface area contributed by atoms with Crippen molar-refractivity contribution in [2.24, 2.45) is 5.10 Å². The van der Waals surface area contributed by atoms with Crippen LogP contribution in [0, 0.1) is 0 Å². The number of benzene rings is 3. The molecule has 0 aliphatic heterocycles. The van der Waals surface area contributed by atoms with Gasteiger partial charge in [0.05, 0.1) is 4.90 Å². The molecule has 2 N–H and O–H groups in total. The summed E-state index contributed by atoms with van der Waals surface area (Å²) in [6, 6.07) is 23.1. The normalized spacial score (nSPS) is 12.0. The molecule has 4 rings (SSSR count). The number of hydrogen-bond acceptors (Lipinski definition) is 5. The Bertz CT molecular complexity index is 1420. The molecule has 0 radical (unpaired) electrons. The Morgan fingerprint density at radius 1 is 0.903 bits per heavy atom. The Morgan fingerprint density at radius 2 is 1.58 bits per heavy atom. The minimum atomic E-state index is -4.00. The second-order valence-corrected chi connectivity index (χ2v) is 8.58. The van der Waals surface area contributed by atoms with Crippen LogP contribution in [-0.4, -0.2) is 14.3 Å². The van der Waals surface area contributed by atoms with Gasteiger partial charge in [-0.25, -0.2) is 0 Å². The fourth-order valence-electron chi connectivity index (χ4n) is 2.80. The molecule has 0 aliphatic carbocycles. The van der Waals surface area contributed by atoms with Crippen LogP contribution >= 0.6 is 11.6 Å². The van der Waals surface area contributed by atoms with Crippen LogP contribution < -0.4 is 15.7 Å². The van der Waals surface area contributed by atoms with Gasteiger partial charge in [0.1, 0.15) is 11.1 Å². The number of halogens is 1. The van der Waals surface area contributed by atoms with Crippen LogP contribution in [0.1, 0.15) is 10.4 Å². The van der Waals surface area contributed by atoms with Crippen molar-refractivity contribution in [2.75, 3.05) is 5.32 Å². The lowest BCUT2D eigenvalue weighted by Gasteiger charge is -2.07. The number of fused-ring (bicyclic) bond motifs is 1. The highest BCUT2D eigenvalue weighted by Gasteiger charge is 2.16. The number of carbonyl (C=O) groups excluding carboxylic acids is 1. The van der Waals surface area contributed by atoms with Gasteiger partial charge < -0.3 is 9.73 Å². The van der Waals surface area contributed by atoms with Crippen molar-refractivity contribution in [3.63, 3.8) is 0 Å². The highest BCUT2D eigenvalue weighted by Crippen LogP contribution is 2.16. The van der Waals surface area contributed by atoms with Crippen LogP contribution in [0.3, 0.4) is 0 Å². The maximum atomic E-state index is 12.9. The number of nitrogens with zero attached hydrogens (tertiary/aromatic N) is 1. The SMILES string of the molecule is O=C(Nc1ccccc1)c1cc2ccccc2oc1=NNS(=O)(=O)c1ccc(Cl)cc1. The van der Waals surface area contributed by atoms with Gasteiger partial charge in [-0.05, 0) is 48.5 Å². The molecule has 7 nitrogen and oxygen atoms in total. The quantitative estimate of drug-likeness (QED) is 0.443. The topological polar surface area (TPSA) is 101 Å². The lowest BCUT2D eigenvalue weighted by atomic mass is 10.1. The zero-order valence-electron chi connectivity index (χ0n) is 15.9. The number of rotatable bonds is 5. The van der Waals surface area contributed by atoms with Crippen LogP contribution in [0.5, 0.6) is 0 Å². The number of sulfonamides is 1. The maximum Gasteiger partial charge on any atom is 0.276 e. The van der Waals surface area contributed by atoms with Gasteiger partial charge in [-0.3, -0.25) is 4.79 Å². The van der Waals surface area contributed by atoms with Gasteiger partial charge in [0.15, 0.2) is 0 Å². The molecule has 0 spiro atoms. The van der Waals surface area contributed by atoms with Gasteiger partial charge >= 0.3 is 0 Å². The molecule has 3 aromatic carbocycles. The van der Waals surface area contributed by atoms with E-state index >= 15 is 0 Å². The molecule has 1 heterocycles. The van der Waals surface area contributed by atoms with E-state index in [1.54, 1.807) is 54.6 Å². The Morgan fingerprint density at radius 3 is 2.32 bits per heavy atom. The van der Waals surface area contributed by atoms with Crippen molar-refractivity contribution in [1.82, 2.24) is 4.83 Å². The molecule has 1 amide bonds. The first-order valence-electron chi connectivity index (χ1n) is 9.13. The van der Waals surface area contributed by atoms with Crippen molar-refractivity contribution in [1.29, 1.82) is 0 Å². The van der Waals surface area contributed by atoms with Crippen LogP contribution in [0.15, 0.2) is 99.3 Å². The maximum absolute atomic E-state index is 12.9. The van der Waals surface area contributed by atoms with E-state index in [0.29, 0.717) is 21.7 Å². The third-order valence-electron chi connectivity index (χ3n) is 4.32. The molecule has 0 atom stereocenters. The largest absolute Gasteiger partial charge is 0.436 e. The van der Waals surface area contributed by atoms with Crippen molar-refractivity contribution in [3.05, 3.63) is 101 Å². The van der Waals surface area contributed by atoms with Crippen molar-refractivity contribution < 1.29 is 17.6 Å². The number of anilines is 1. The summed E-state index contributed by atoms with van der Waals surface area (Å²) in [7, 11) is -4.00. The average molecular weight is 454 g/mol. The molecule has 0 unspecified atom stereocenters. The Hall–Kier alpha value is -3.62. The van der Waals surface area contributed by atoms with E-state index in [1.165, 1.54) is 24.3 Å². The number of amides is 1. The molecule has 9 heteroatoms. The lowest BCUT2D eigenvalue weighted by molar-refractivity contribution is 0.102. The van der Waals surface area contributed by atoms with Crippen LogP contribution in [0.25, 0.3) is 11.0 Å². The number of nitrogens with one attached hydrogen (secondary N) is 2. The number of carbonyl (C=O) groups is 1. The van der Waals surface area contributed by atoms with Gasteiger partial charge in [0.25, 0.3) is 15.9 Å². The summed E-state index contributed by atoms with van der Waals surface area (Å²) >= 11 is 5.81. The Kier molecular flexibility index (Phi) is 5.75. The first kappa shape index (κ1) is 20.6. The van der Waals surface area contributed by atoms with Crippen LogP contribution in [-0.2, 0) is 10.0 Å². The first-order valence-corrected chi connectivity index (χ1v) is 11.0. The zero-order valence-corrected chi connectivity index (χ0v) is 17.5. The third kappa shape index (κ3) is 4.76. The van der Waals surface area contributed by atoms with Gasteiger partial charge in [-0.1, -0.05) is 48.0 Å². The molecule has 31 heavy (non-hydrogen) atoms. The van der Waals surface area contributed by atoms with E-state index in [4.69, 9.17) is 16.0 Å². The smallest absolute Gasteiger partial charge is 0.276 e. The Balaban J connectivity index is 1.75. The summed E-state index contributed by atoms with van der Waals surface area (Å²) in [4.78, 5) is 15.0. The summed E-state index contributed by atoms with van der Waals surface area (Å²) in [6.45, 7) is 0. The predicted molar refractivity (Wildman–Crippen MR) is 118 cm³/mol. The summed E-state index contributed by atoms with van der Waals surface area (Å²) in [6.07, 6.45) is 0. The van der Waals surface area contributed by atoms with Gasteiger partial charge in [0.2, 0.25) is 5.55 Å². The van der Waals surface area contributed by atoms with Gasteiger partial charge in [-0.15, -0.1) is 5.10 Å². The molecule has 156 valence electrons. The standard InChI is InChI=1S/C22H16ClN3O4S/c23-16-10-12-18(13-11-16)31(28,29)26-25-22-19(14-15-6-4-5-9-20(15)30-22)21(27)24-17-7-2-1-3-8-17/h1-14,26H,(H,24,27). The highest BCUT2D eigenvalue weighted by atomic mass is 35.5. The van der Waals surface area contributed by atoms with E-state index in [0.717, 1.165) is 0 Å². The molecular weight excluding hydrogens is 438 g/mol. The lowest BCUT2D eigenvalue weighted by Crippen LogP contribution is -2.27. The van der Waals surface area contributed by atoms with Crippen molar-refractivity contribution in [2.45, 2.75) is 4.90 Å². The van der Waals surface area contributed by atoms with E-state index in [-0.39, 0.29) is 16.0 Å². The molecule has 0 saturated carbocycles. The minimum absolute atomic E-state index is 0.0308. The first-order chi connectivity index (χ1) is 14.9. The molecule has 0 fully saturated rings. The van der Waals surface area contributed by atoms with Crippen LogP contribution in [0.4, 0.5) is 5.69 Å². The Labute approximate surface area is 183 Å². The molecule has 0 bridgehead atoms.